The molecule has 0 aliphatic carbocycles. The summed E-state index contributed by atoms with van der Waals surface area (Å²) in [6.45, 7) is 11.8. The van der Waals surface area contributed by atoms with Gasteiger partial charge in [-0.05, 0) is 42.9 Å². The molecule has 0 aromatic heterocycles. The van der Waals surface area contributed by atoms with Crippen LogP contribution >= 0.6 is 0 Å². The molecule has 0 saturated heterocycles. The van der Waals surface area contributed by atoms with Gasteiger partial charge in [0.15, 0.2) is 6.10 Å². The van der Waals surface area contributed by atoms with Gasteiger partial charge in [0, 0.05) is 12.1 Å². The van der Waals surface area contributed by atoms with Gasteiger partial charge in [-0.15, -0.1) is 0 Å². The topological polar surface area (TPSA) is 67.8 Å². The van der Waals surface area contributed by atoms with Gasteiger partial charge >= 0.3 is 0 Å². The van der Waals surface area contributed by atoms with E-state index in [0.717, 1.165) is 43.4 Å². The van der Waals surface area contributed by atoms with E-state index in [0.29, 0.717) is 12.3 Å². The van der Waals surface area contributed by atoms with Gasteiger partial charge in [0.2, 0.25) is 0 Å². The molecule has 0 radical (unpaired) electrons. The van der Waals surface area contributed by atoms with E-state index in [1.165, 1.54) is 64.2 Å². The minimum Gasteiger partial charge on any atom is -0.491 e. The lowest BCUT2D eigenvalue weighted by molar-refractivity contribution is -0.128. The highest BCUT2D eigenvalue weighted by Gasteiger charge is 2.23. The fourth-order valence-electron chi connectivity index (χ4n) is 4.55. The third-order valence-corrected chi connectivity index (χ3v) is 6.83. The van der Waals surface area contributed by atoms with Crippen molar-refractivity contribution in [3.8, 4) is 11.5 Å². The second kappa shape index (κ2) is 20.2. The van der Waals surface area contributed by atoms with Crippen molar-refractivity contribution in [3.05, 3.63) is 23.8 Å². The molecule has 5 nitrogen and oxygen atoms in total. The van der Waals surface area contributed by atoms with Crippen molar-refractivity contribution >= 4 is 5.91 Å². The van der Waals surface area contributed by atoms with Crippen molar-refractivity contribution in [2.24, 2.45) is 0 Å². The normalized spacial score (nSPS) is 12.4. The van der Waals surface area contributed by atoms with Gasteiger partial charge in [0.1, 0.15) is 18.1 Å². The molecule has 37 heavy (non-hydrogen) atoms. The van der Waals surface area contributed by atoms with E-state index in [4.69, 9.17) is 9.47 Å². The van der Waals surface area contributed by atoms with Crippen LogP contribution in [0.5, 0.6) is 11.5 Å². The highest BCUT2D eigenvalue weighted by atomic mass is 16.5. The number of benzene rings is 1. The molecule has 1 aromatic carbocycles. The zero-order valence-corrected chi connectivity index (χ0v) is 24.7. The monoisotopic (exact) mass is 519 g/mol. The van der Waals surface area contributed by atoms with E-state index in [2.05, 4.69) is 39.9 Å². The van der Waals surface area contributed by atoms with Crippen molar-refractivity contribution < 1.29 is 19.4 Å². The number of carbonyl (C=O) groups is 1. The molecule has 1 atom stereocenters. The van der Waals surface area contributed by atoms with Crippen molar-refractivity contribution in [3.63, 3.8) is 0 Å². The van der Waals surface area contributed by atoms with Crippen LogP contribution in [0.1, 0.15) is 136 Å². The molecule has 1 aromatic rings. The van der Waals surface area contributed by atoms with Crippen LogP contribution in [0.3, 0.4) is 0 Å². The molecule has 5 heteroatoms. The zero-order chi connectivity index (χ0) is 27.4. The summed E-state index contributed by atoms with van der Waals surface area (Å²) in [7, 11) is 0. The lowest BCUT2D eigenvalue weighted by Crippen LogP contribution is -2.39. The number of amides is 1. The van der Waals surface area contributed by atoms with Crippen LogP contribution in [0.15, 0.2) is 18.2 Å². The van der Waals surface area contributed by atoms with Gasteiger partial charge in [0.25, 0.3) is 5.91 Å². The summed E-state index contributed by atoms with van der Waals surface area (Å²) in [6, 6.07) is 5.76. The summed E-state index contributed by atoms with van der Waals surface area (Å²) < 4.78 is 12.1. The quantitative estimate of drug-likeness (QED) is 0.152. The molecule has 0 spiro atoms. The van der Waals surface area contributed by atoms with Gasteiger partial charge in [-0.2, -0.15) is 0 Å². The van der Waals surface area contributed by atoms with E-state index in [-0.39, 0.29) is 24.5 Å². The summed E-state index contributed by atoms with van der Waals surface area (Å²) in [5.41, 5.74) is 0.855. The number of carbonyl (C=O) groups excluding carboxylic acids is 1. The second-order valence-electron chi connectivity index (χ2n) is 11.4. The van der Waals surface area contributed by atoms with Crippen molar-refractivity contribution in [2.75, 3.05) is 19.8 Å². The van der Waals surface area contributed by atoms with Crippen LogP contribution in [0.2, 0.25) is 0 Å². The molecule has 1 amide bonds. The zero-order valence-electron chi connectivity index (χ0n) is 24.7. The van der Waals surface area contributed by atoms with E-state index in [9.17, 15) is 9.90 Å². The molecule has 0 saturated carbocycles. The standard InChI is InChI=1S/C32H57NO4/c1-6-8-10-12-13-14-15-16-17-18-20-30(31(35)33-23-19-11-9-7-2)37-27-21-22-29(36-25-24-34)28(26-27)32(3,4)5/h21-22,26,30,34H,6-20,23-25H2,1-5H3,(H,33,35). The predicted molar refractivity (Wildman–Crippen MR) is 156 cm³/mol. The first-order valence-corrected chi connectivity index (χ1v) is 15.2. The van der Waals surface area contributed by atoms with Crippen molar-refractivity contribution in [1.82, 2.24) is 5.32 Å². The van der Waals surface area contributed by atoms with E-state index < -0.39 is 6.10 Å². The summed E-state index contributed by atoms with van der Waals surface area (Å²) in [5.74, 6) is 1.44. The molecule has 2 N–H and O–H groups in total. The third kappa shape index (κ3) is 15.3. The Bertz CT molecular complexity index is 713. The van der Waals surface area contributed by atoms with E-state index in [1.807, 2.05) is 18.2 Å². The lowest BCUT2D eigenvalue weighted by atomic mass is 9.86. The average Bonchev–Trinajstić information content (AvgIpc) is 2.87. The Hall–Kier alpha value is -1.75. The molecule has 0 heterocycles. The Morgan fingerprint density at radius 3 is 2.00 bits per heavy atom. The number of aliphatic hydroxyl groups is 1. The summed E-state index contributed by atoms with van der Waals surface area (Å²) in [6.07, 6.45) is 17.5. The number of aliphatic hydroxyl groups excluding tert-OH is 1. The van der Waals surface area contributed by atoms with Gasteiger partial charge < -0.3 is 19.9 Å². The molecule has 0 bridgehead atoms. The summed E-state index contributed by atoms with van der Waals surface area (Å²) in [5, 5.41) is 12.3. The number of hydrogen-bond donors (Lipinski definition) is 2. The molecule has 0 aliphatic rings. The maximum absolute atomic E-state index is 13.1. The van der Waals surface area contributed by atoms with Crippen LogP contribution in [-0.2, 0) is 10.2 Å². The molecule has 1 unspecified atom stereocenters. The Balaban J connectivity index is 2.71. The average molecular weight is 520 g/mol. The Morgan fingerprint density at radius 2 is 1.43 bits per heavy atom. The second-order valence-corrected chi connectivity index (χ2v) is 11.4. The molecule has 214 valence electrons. The van der Waals surface area contributed by atoms with Crippen LogP contribution in [0.25, 0.3) is 0 Å². The van der Waals surface area contributed by atoms with E-state index >= 15 is 0 Å². The fraction of sp³-hybridized carbons (Fsp3) is 0.781. The maximum Gasteiger partial charge on any atom is 0.261 e. The van der Waals surface area contributed by atoms with Crippen molar-refractivity contribution in [2.45, 2.75) is 142 Å². The summed E-state index contributed by atoms with van der Waals surface area (Å²) in [4.78, 5) is 13.1. The smallest absolute Gasteiger partial charge is 0.261 e. The minimum absolute atomic E-state index is 0.00895. The van der Waals surface area contributed by atoms with Crippen LogP contribution in [-0.4, -0.2) is 36.9 Å². The number of nitrogens with one attached hydrogen (secondary N) is 1. The Morgan fingerprint density at radius 1 is 0.865 bits per heavy atom. The summed E-state index contributed by atoms with van der Waals surface area (Å²) >= 11 is 0. The fourth-order valence-corrected chi connectivity index (χ4v) is 4.55. The van der Waals surface area contributed by atoms with Gasteiger partial charge in [-0.25, -0.2) is 0 Å². The van der Waals surface area contributed by atoms with Gasteiger partial charge in [0.05, 0.1) is 6.61 Å². The number of hydrogen-bond acceptors (Lipinski definition) is 4. The highest BCUT2D eigenvalue weighted by Crippen LogP contribution is 2.35. The number of rotatable bonds is 22. The lowest BCUT2D eigenvalue weighted by Gasteiger charge is -2.25. The molecular formula is C32H57NO4. The minimum atomic E-state index is -0.489. The first-order chi connectivity index (χ1) is 17.8. The first kappa shape index (κ1) is 33.3. The molecular weight excluding hydrogens is 462 g/mol. The van der Waals surface area contributed by atoms with Gasteiger partial charge in [-0.3, -0.25) is 4.79 Å². The molecule has 0 fully saturated rings. The largest absolute Gasteiger partial charge is 0.491 e. The number of unbranched alkanes of at least 4 members (excludes halogenated alkanes) is 12. The van der Waals surface area contributed by atoms with Crippen LogP contribution in [0.4, 0.5) is 0 Å². The predicted octanol–water partition coefficient (Wildman–Crippen LogP) is 8.11. The van der Waals surface area contributed by atoms with Crippen molar-refractivity contribution in [1.29, 1.82) is 0 Å². The maximum atomic E-state index is 13.1. The molecule has 0 aliphatic heterocycles. The van der Waals surface area contributed by atoms with E-state index in [1.54, 1.807) is 0 Å². The third-order valence-electron chi connectivity index (χ3n) is 6.83. The van der Waals surface area contributed by atoms with Gasteiger partial charge in [-0.1, -0.05) is 112 Å². The SMILES string of the molecule is CCCCCCCCCCCCC(Oc1ccc(OCCO)c(C(C)(C)C)c1)C(=O)NCCCCCC. The van der Waals surface area contributed by atoms with Crippen LogP contribution < -0.4 is 14.8 Å². The Kier molecular flexibility index (Phi) is 18.2. The number of ether oxygens (including phenoxy) is 2. The van der Waals surface area contributed by atoms with Crippen LogP contribution in [0, 0.1) is 0 Å². The Labute approximate surface area is 228 Å². The highest BCUT2D eigenvalue weighted by molar-refractivity contribution is 5.81. The first-order valence-electron chi connectivity index (χ1n) is 15.2. The molecule has 1 rings (SSSR count).